The fraction of sp³-hybridized carbons (Fsp3) is 0. The van der Waals surface area contributed by atoms with E-state index < -0.39 is 0 Å². The number of fused-ring (bicyclic) bond motifs is 6. The van der Waals surface area contributed by atoms with Crippen LogP contribution in [0.15, 0.2) is 223 Å². The number of para-hydroxylation sites is 4. The molecule has 3 nitrogen and oxygen atoms in total. The van der Waals surface area contributed by atoms with Gasteiger partial charge in [0.15, 0.2) is 0 Å². The fourth-order valence-electron chi connectivity index (χ4n) is 8.56. The lowest BCUT2D eigenvalue weighted by Crippen LogP contribution is -2.10. The van der Waals surface area contributed by atoms with E-state index in [1.165, 1.54) is 27.4 Å². The third kappa shape index (κ3) is 5.60. The van der Waals surface area contributed by atoms with Crippen molar-refractivity contribution in [2.24, 2.45) is 0 Å². The zero-order valence-corrected chi connectivity index (χ0v) is 31.1. The molecule has 0 radical (unpaired) electrons. The van der Waals surface area contributed by atoms with E-state index in [0.29, 0.717) is 0 Å². The topological polar surface area (TPSA) is 21.3 Å². The Kier molecular flexibility index (Phi) is 7.82. The predicted molar refractivity (Wildman–Crippen MR) is 239 cm³/mol. The Balaban J connectivity index is 1.15. The third-order valence-electron chi connectivity index (χ3n) is 11.2. The lowest BCUT2D eigenvalue weighted by atomic mass is 9.92. The SMILES string of the molecule is c1ccc(-c2ccc(N(c3ccc(-c4cccc5c4oc4ccccc45)c(-c4ccccc4)c3)c3ccc4c5ccccc5n(-c5ccccc5)c4c3)cc2)cc1. The molecule has 0 aliphatic heterocycles. The van der Waals surface area contributed by atoms with Crippen LogP contribution in [0.1, 0.15) is 0 Å². The van der Waals surface area contributed by atoms with Gasteiger partial charge in [0.05, 0.1) is 11.0 Å². The maximum absolute atomic E-state index is 6.59. The van der Waals surface area contributed by atoms with Crippen LogP contribution in [0, 0.1) is 0 Å². The van der Waals surface area contributed by atoms with Crippen molar-refractivity contribution in [3.63, 3.8) is 0 Å². The highest BCUT2D eigenvalue weighted by molar-refractivity contribution is 6.12. The molecule has 0 unspecified atom stereocenters. The third-order valence-corrected chi connectivity index (χ3v) is 11.2. The molecule has 2 heterocycles. The molecule has 9 aromatic carbocycles. The van der Waals surface area contributed by atoms with E-state index in [0.717, 1.165) is 72.5 Å². The van der Waals surface area contributed by atoms with Crippen molar-refractivity contribution in [1.82, 2.24) is 4.57 Å². The molecule has 11 rings (SSSR count). The molecule has 0 atom stereocenters. The van der Waals surface area contributed by atoms with Gasteiger partial charge in [0.2, 0.25) is 0 Å². The molecule has 57 heavy (non-hydrogen) atoms. The van der Waals surface area contributed by atoms with Crippen LogP contribution in [0.5, 0.6) is 0 Å². The van der Waals surface area contributed by atoms with E-state index in [1.807, 2.05) is 6.07 Å². The summed E-state index contributed by atoms with van der Waals surface area (Å²) in [4.78, 5) is 2.39. The van der Waals surface area contributed by atoms with Gasteiger partial charge in [-0.25, -0.2) is 0 Å². The van der Waals surface area contributed by atoms with Gasteiger partial charge < -0.3 is 13.9 Å². The van der Waals surface area contributed by atoms with Crippen LogP contribution in [0.4, 0.5) is 17.1 Å². The molecule has 11 aromatic rings. The number of hydrogen-bond donors (Lipinski definition) is 0. The van der Waals surface area contributed by atoms with Gasteiger partial charge in [-0.1, -0.05) is 158 Å². The molecule has 0 aliphatic rings. The van der Waals surface area contributed by atoms with Crippen LogP contribution in [0.2, 0.25) is 0 Å². The van der Waals surface area contributed by atoms with Gasteiger partial charge in [-0.05, 0) is 88.5 Å². The number of rotatable bonds is 7. The second kappa shape index (κ2) is 13.6. The minimum atomic E-state index is 0.895. The van der Waals surface area contributed by atoms with E-state index in [4.69, 9.17) is 4.42 Å². The number of nitrogens with zero attached hydrogens (tertiary/aromatic N) is 2. The average Bonchev–Trinajstić information content (AvgIpc) is 3.83. The molecule has 0 fully saturated rings. The van der Waals surface area contributed by atoms with E-state index >= 15 is 0 Å². The highest BCUT2D eigenvalue weighted by Crippen LogP contribution is 2.45. The summed E-state index contributed by atoms with van der Waals surface area (Å²) >= 11 is 0. The lowest BCUT2D eigenvalue weighted by Gasteiger charge is -2.27. The number of furan rings is 1. The summed E-state index contributed by atoms with van der Waals surface area (Å²) in [6, 6.07) is 78.1. The molecule has 0 amide bonds. The second-order valence-electron chi connectivity index (χ2n) is 14.5. The Morgan fingerprint density at radius 3 is 1.70 bits per heavy atom. The molecule has 0 saturated heterocycles. The second-order valence-corrected chi connectivity index (χ2v) is 14.5. The smallest absolute Gasteiger partial charge is 0.143 e. The molecule has 0 bridgehead atoms. The molecular weight excluding hydrogens is 693 g/mol. The van der Waals surface area contributed by atoms with Crippen LogP contribution in [0.25, 0.3) is 82.8 Å². The molecule has 0 spiro atoms. The molecule has 268 valence electrons. The van der Waals surface area contributed by atoms with Gasteiger partial charge in [0.1, 0.15) is 11.2 Å². The summed E-state index contributed by atoms with van der Waals surface area (Å²) in [6.45, 7) is 0. The summed E-state index contributed by atoms with van der Waals surface area (Å²) in [5.74, 6) is 0. The zero-order valence-electron chi connectivity index (χ0n) is 31.1. The van der Waals surface area contributed by atoms with Crippen LogP contribution in [0.3, 0.4) is 0 Å². The number of benzene rings is 9. The Labute approximate surface area is 330 Å². The number of anilines is 3. The van der Waals surface area contributed by atoms with Crippen molar-refractivity contribution in [2.45, 2.75) is 0 Å². The van der Waals surface area contributed by atoms with Crippen molar-refractivity contribution in [1.29, 1.82) is 0 Å². The van der Waals surface area contributed by atoms with E-state index in [1.54, 1.807) is 0 Å². The van der Waals surface area contributed by atoms with E-state index in [9.17, 15) is 0 Å². The van der Waals surface area contributed by atoms with Crippen molar-refractivity contribution >= 4 is 60.8 Å². The minimum absolute atomic E-state index is 0.895. The highest BCUT2D eigenvalue weighted by atomic mass is 16.3. The van der Waals surface area contributed by atoms with Crippen molar-refractivity contribution < 1.29 is 4.42 Å². The van der Waals surface area contributed by atoms with Crippen LogP contribution < -0.4 is 4.90 Å². The summed E-state index contributed by atoms with van der Waals surface area (Å²) in [7, 11) is 0. The highest BCUT2D eigenvalue weighted by Gasteiger charge is 2.21. The van der Waals surface area contributed by atoms with Crippen LogP contribution in [-0.2, 0) is 0 Å². The summed E-state index contributed by atoms with van der Waals surface area (Å²) in [6.07, 6.45) is 0. The maximum Gasteiger partial charge on any atom is 0.143 e. The van der Waals surface area contributed by atoms with Crippen LogP contribution in [-0.4, -0.2) is 4.57 Å². The predicted octanol–water partition coefficient (Wildman–Crippen LogP) is 15.2. The quantitative estimate of drug-likeness (QED) is 0.163. The van der Waals surface area contributed by atoms with Crippen LogP contribution >= 0.6 is 0 Å². The first-order chi connectivity index (χ1) is 28.3. The zero-order chi connectivity index (χ0) is 37.7. The monoisotopic (exact) mass is 728 g/mol. The fourth-order valence-corrected chi connectivity index (χ4v) is 8.56. The van der Waals surface area contributed by atoms with Gasteiger partial charge in [-0.2, -0.15) is 0 Å². The minimum Gasteiger partial charge on any atom is -0.455 e. The van der Waals surface area contributed by atoms with Gasteiger partial charge in [0, 0.05) is 49.9 Å². The average molecular weight is 729 g/mol. The van der Waals surface area contributed by atoms with Crippen molar-refractivity contribution in [3.05, 3.63) is 218 Å². The largest absolute Gasteiger partial charge is 0.455 e. The first-order valence-electron chi connectivity index (χ1n) is 19.4. The van der Waals surface area contributed by atoms with Gasteiger partial charge in [-0.3, -0.25) is 0 Å². The van der Waals surface area contributed by atoms with Crippen molar-refractivity contribution in [2.75, 3.05) is 4.90 Å². The number of hydrogen-bond acceptors (Lipinski definition) is 2. The molecule has 2 aromatic heterocycles. The molecular formula is C54H36N2O. The maximum atomic E-state index is 6.59. The van der Waals surface area contributed by atoms with E-state index in [2.05, 4.69) is 222 Å². The van der Waals surface area contributed by atoms with Gasteiger partial charge >= 0.3 is 0 Å². The molecule has 0 saturated carbocycles. The number of aromatic nitrogens is 1. The van der Waals surface area contributed by atoms with Gasteiger partial charge in [0.25, 0.3) is 0 Å². The Bertz CT molecular complexity index is 3220. The standard InChI is InChI=1S/C54H36N2O/c1-4-15-37(16-5-1)38-27-29-41(30-28-38)55(43-32-34-46-45-21-10-12-25-51(45)56(52(46)36-43)40-19-8-3-9-20-40)42-31-33-44(50(35-42)39-17-6-2-7-18-39)48-23-14-24-49-47-22-11-13-26-53(47)57-54(48)49/h1-36H. The molecule has 0 N–H and O–H groups in total. The Morgan fingerprint density at radius 2 is 0.912 bits per heavy atom. The lowest BCUT2D eigenvalue weighted by molar-refractivity contribution is 0.670. The summed E-state index contributed by atoms with van der Waals surface area (Å²) < 4.78 is 8.98. The normalized spacial score (nSPS) is 11.5. The first kappa shape index (κ1) is 32.8. The summed E-state index contributed by atoms with van der Waals surface area (Å²) in [5.41, 5.74) is 15.3. The molecule has 0 aliphatic carbocycles. The van der Waals surface area contributed by atoms with Gasteiger partial charge in [-0.15, -0.1) is 0 Å². The molecule has 3 heteroatoms. The van der Waals surface area contributed by atoms with E-state index in [-0.39, 0.29) is 0 Å². The van der Waals surface area contributed by atoms with Crippen molar-refractivity contribution in [3.8, 4) is 39.1 Å². The summed E-state index contributed by atoms with van der Waals surface area (Å²) in [5, 5.41) is 4.70. The first-order valence-corrected chi connectivity index (χ1v) is 19.4. The Morgan fingerprint density at radius 1 is 0.333 bits per heavy atom. The Hall–Kier alpha value is -7.62.